The van der Waals surface area contributed by atoms with Crippen LogP contribution in [0.4, 0.5) is 4.79 Å². The zero-order valence-electron chi connectivity index (χ0n) is 12.3. The molecule has 0 aromatic heterocycles. The van der Waals surface area contributed by atoms with Crippen molar-refractivity contribution >= 4 is 12.0 Å². The standard InChI is InChI=1S/C13H26N2O4/c1-10(2)5-7-19-8-6-14-12(18)15-13(3,4)9-11(16)17/h10H,5-9H2,1-4H3,(H,16,17)(H2,14,15,18). The van der Waals surface area contributed by atoms with Gasteiger partial charge in [-0.3, -0.25) is 4.79 Å². The lowest BCUT2D eigenvalue weighted by atomic mass is 10.0. The number of amides is 2. The van der Waals surface area contributed by atoms with Crippen molar-refractivity contribution in [2.45, 2.75) is 46.1 Å². The second-order valence-electron chi connectivity index (χ2n) is 5.63. The Balaban J connectivity index is 3.67. The van der Waals surface area contributed by atoms with E-state index in [2.05, 4.69) is 24.5 Å². The molecule has 0 radical (unpaired) electrons. The first-order chi connectivity index (χ1) is 8.73. The van der Waals surface area contributed by atoms with Crippen molar-refractivity contribution in [3.8, 4) is 0 Å². The van der Waals surface area contributed by atoms with Crippen LogP contribution in [0.5, 0.6) is 0 Å². The molecule has 0 aromatic rings. The molecule has 2 amide bonds. The van der Waals surface area contributed by atoms with Crippen LogP contribution >= 0.6 is 0 Å². The smallest absolute Gasteiger partial charge is 0.315 e. The highest BCUT2D eigenvalue weighted by atomic mass is 16.5. The molecule has 0 spiro atoms. The summed E-state index contributed by atoms with van der Waals surface area (Å²) < 4.78 is 5.35. The van der Waals surface area contributed by atoms with Crippen LogP contribution in [-0.4, -0.2) is 42.4 Å². The van der Waals surface area contributed by atoms with Crippen LogP contribution in [0.1, 0.15) is 40.5 Å². The maximum atomic E-state index is 11.5. The SMILES string of the molecule is CC(C)CCOCCNC(=O)NC(C)(C)CC(=O)O. The highest BCUT2D eigenvalue weighted by Gasteiger charge is 2.23. The van der Waals surface area contributed by atoms with Gasteiger partial charge in [-0.05, 0) is 26.2 Å². The van der Waals surface area contributed by atoms with Gasteiger partial charge in [-0.2, -0.15) is 0 Å². The highest BCUT2D eigenvalue weighted by molar-refractivity contribution is 5.76. The number of carbonyl (C=O) groups is 2. The summed E-state index contributed by atoms with van der Waals surface area (Å²) in [6, 6.07) is -0.376. The van der Waals surface area contributed by atoms with E-state index in [-0.39, 0.29) is 12.5 Å². The highest BCUT2D eigenvalue weighted by Crippen LogP contribution is 2.07. The molecule has 0 saturated carbocycles. The Morgan fingerprint density at radius 2 is 1.89 bits per heavy atom. The van der Waals surface area contributed by atoms with E-state index in [0.717, 1.165) is 6.42 Å². The van der Waals surface area contributed by atoms with Crippen LogP contribution in [0, 0.1) is 5.92 Å². The number of nitrogens with one attached hydrogen (secondary N) is 2. The molecule has 6 nitrogen and oxygen atoms in total. The Bertz CT molecular complexity index is 290. The van der Waals surface area contributed by atoms with E-state index in [4.69, 9.17) is 9.84 Å². The molecule has 3 N–H and O–H groups in total. The number of hydrogen-bond acceptors (Lipinski definition) is 3. The Morgan fingerprint density at radius 3 is 2.42 bits per heavy atom. The minimum absolute atomic E-state index is 0.120. The normalized spacial score (nSPS) is 11.4. The summed E-state index contributed by atoms with van der Waals surface area (Å²) in [5.41, 5.74) is -0.769. The summed E-state index contributed by atoms with van der Waals surface area (Å²) in [6.07, 6.45) is 0.878. The van der Waals surface area contributed by atoms with Gasteiger partial charge >= 0.3 is 12.0 Å². The van der Waals surface area contributed by atoms with Crippen molar-refractivity contribution in [1.82, 2.24) is 10.6 Å². The summed E-state index contributed by atoms with van der Waals surface area (Å²) in [5.74, 6) is -0.338. The Morgan fingerprint density at radius 1 is 1.26 bits per heavy atom. The Labute approximate surface area is 114 Å². The van der Waals surface area contributed by atoms with Crippen LogP contribution in [0.15, 0.2) is 0 Å². The van der Waals surface area contributed by atoms with E-state index < -0.39 is 11.5 Å². The second-order valence-corrected chi connectivity index (χ2v) is 5.63. The molecule has 0 aliphatic rings. The third kappa shape index (κ3) is 11.5. The van der Waals surface area contributed by atoms with E-state index in [1.165, 1.54) is 0 Å². The lowest BCUT2D eigenvalue weighted by molar-refractivity contribution is -0.138. The van der Waals surface area contributed by atoms with Crippen molar-refractivity contribution < 1.29 is 19.4 Å². The number of aliphatic carboxylic acids is 1. The van der Waals surface area contributed by atoms with E-state index in [0.29, 0.717) is 25.7 Å². The minimum atomic E-state index is -0.942. The van der Waals surface area contributed by atoms with Gasteiger partial charge in [-0.15, -0.1) is 0 Å². The van der Waals surface area contributed by atoms with Crippen LogP contribution in [0.3, 0.4) is 0 Å². The molecule has 0 unspecified atom stereocenters. The number of urea groups is 1. The first kappa shape index (κ1) is 17.7. The van der Waals surface area contributed by atoms with Crippen LogP contribution in [0.2, 0.25) is 0 Å². The molecule has 0 bridgehead atoms. The summed E-state index contributed by atoms with van der Waals surface area (Å²) >= 11 is 0. The molecule has 0 saturated heterocycles. The van der Waals surface area contributed by atoms with Crippen LogP contribution in [0.25, 0.3) is 0 Å². The van der Waals surface area contributed by atoms with Crippen molar-refractivity contribution in [3.05, 3.63) is 0 Å². The summed E-state index contributed by atoms with van der Waals surface area (Å²) in [4.78, 5) is 22.1. The van der Waals surface area contributed by atoms with Crippen molar-refractivity contribution in [2.24, 2.45) is 5.92 Å². The Hall–Kier alpha value is -1.30. The largest absolute Gasteiger partial charge is 0.481 e. The average Bonchev–Trinajstić information content (AvgIpc) is 2.19. The maximum Gasteiger partial charge on any atom is 0.315 e. The van der Waals surface area contributed by atoms with Gasteiger partial charge in [0.15, 0.2) is 0 Å². The number of rotatable bonds is 9. The van der Waals surface area contributed by atoms with Gasteiger partial charge in [0.25, 0.3) is 0 Å². The monoisotopic (exact) mass is 274 g/mol. The topological polar surface area (TPSA) is 87.7 Å². The maximum absolute atomic E-state index is 11.5. The number of hydrogen-bond donors (Lipinski definition) is 3. The van der Waals surface area contributed by atoms with Crippen molar-refractivity contribution in [1.29, 1.82) is 0 Å². The molecule has 19 heavy (non-hydrogen) atoms. The van der Waals surface area contributed by atoms with Gasteiger partial charge in [0.1, 0.15) is 0 Å². The lowest BCUT2D eigenvalue weighted by Gasteiger charge is -2.24. The molecule has 0 aliphatic heterocycles. The third-order valence-corrected chi connectivity index (χ3v) is 2.42. The zero-order chi connectivity index (χ0) is 14.9. The Kier molecular flexibility index (Phi) is 8.14. The molecule has 0 atom stereocenters. The summed E-state index contributed by atoms with van der Waals surface area (Å²) in [6.45, 7) is 9.14. The molecule has 0 fully saturated rings. The summed E-state index contributed by atoms with van der Waals surface area (Å²) in [5, 5.41) is 13.9. The number of carboxylic acids is 1. The van der Waals surface area contributed by atoms with Crippen molar-refractivity contribution in [3.63, 3.8) is 0 Å². The molecule has 0 rings (SSSR count). The molecule has 6 heteroatoms. The average molecular weight is 274 g/mol. The second kappa shape index (κ2) is 8.74. The van der Waals surface area contributed by atoms with E-state index in [9.17, 15) is 9.59 Å². The first-order valence-electron chi connectivity index (χ1n) is 6.58. The van der Waals surface area contributed by atoms with Gasteiger partial charge in [0, 0.05) is 18.7 Å². The van der Waals surface area contributed by atoms with Gasteiger partial charge in [-0.25, -0.2) is 4.79 Å². The van der Waals surface area contributed by atoms with Gasteiger partial charge < -0.3 is 20.5 Å². The van der Waals surface area contributed by atoms with Crippen molar-refractivity contribution in [2.75, 3.05) is 19.8 Å². The number of carboxylic acid groups (broad SMARTS) is 1. The fourth-order valence-electron chi connectivity index (χ4n) is 1.43. The van der Waals surface area contributed by atoms with Gasteiger partial charge in [0.2, 0.25) is 0 Å². The first-order valence-corrected chi connectivity index (χ1v) is 6.58. The molecule has 0 aliphatic carbocycles. The van der Waals surface area contributed by atoms with Crippen LogP contribution < -0.4 is 10.6 Å². The quantitative estimate of drug-likeness (QED) is 0.557. The minimum Gasteiger partial charge on any atom is -0.481 e. The van der Waals surface area contributed by atoms with E-state index >= 15 is 0 Å². The molecular formula is C13H26N2O4. The predicted octanol–water partition coefficient (Wildman–Crippen LogP) is 1.60. The molecule has 112 valence electrons. The van der Waals surface area contributed by atoms with E-state index in [1.54, 1.807) is 13.8 Å². The van der Waals surface area contributed by atoms with E-state index in [1.807, 2.05) is 0 Å². The van der Waals surface area contributed by atoms with Crippen LogP contribution in [-0.2, 0) is 9.53 Å². The fourth-order valence-corrected chi connectivity index (χ4v) is 1.43. The lowest BCUT2D eigenvalue weighted by Crippen LogP contribution is -2.49. The van der Waals surface area contributed by atoms with Gasteiger partial charge in [-0.1, -0.05) is 13.8 Å². The zero-order valence-corrected chi connectivity index (χ0v) is 12.3. The number of ether oxygens (including phenoxy) is 1. The summed E-state index contributed by atoms with van der Waals surface area (Å²) in [7, 11) is 0. The molecular weight excluding hydrogens is 248 g/mol. The predicted molar refractivity (Wildman–Crippen MR) is 73.1 cm³/mol. The third-order valence-electron chi connectivity index (χ3n) is 2.42. The van der Waals surface area contributed by atoms with Gasteiger partial charge in [0.05, 0.1) is 13.0 Å². The number of carbonyl (C=O) groups excluding carboxylic acids is 1. The fraction of sp³-hybridized carbons (Fsp3) is 0.846. The molecule has 0 heterocycles. The molecule has 0 aromatic carbocycles.